The largest absolute Gasteiger partial charge is 0.465 e. The Kier molecular flexibility index (Phi) is 5.57. The van der Waals surface area contributed by atoms with E-state index in [1.807, 2.05) is 18.7 Å². The first-order valence-corrected chi connectivity index (χ1v) is 7.43. The predicted octanol–water partition coefficient (Wildman–Crippen LogP) is 2.83. The monoisotopic (exact) mass is 329 g/mol. The summed E-state index contributed by atoms with van der Waals surface area (Å²) >= 11 is 0. The minimum absolute atomic E-state index is 0.276. The maximum atomic E-state index is 12.0. The van der Waals surface area contributed by atoms with Crippen molar-refractivity contribution < 1.29 is 14.3 Å². The van der Waals surface area contributed by atoms with Gasteiger partial charge in [-0.25, -0.2) is 4.79 Å². The summed E-state index contributed by atoms with van der Waals surface area (Å²) in [5.74, 6) is -1.16. The van der Waals surface area contributed by atoms with Crippen LogP contribution in [0.2, 0.25) is 0 Å². The smallest absolute Gasteiger partial charge is 0.337 e. The summed E-state index contributed by atoms with van der Waals surface area (Å²) < 4.78 is 6.64. The molecular formula is C16H19N5O3. The van der Waals surface area contributed by atoms with E-state index in [0.717, 1.165) is 18.5 Å². The lowest BCUT2D eigenvalue weighted by Crippen LogP contribution is -2.14. The van der Waals surface area contributed by atoms with E-state index in [9.17, 15) is 9.59 Å². The number of hydrogen-bond donors (Lipinski definition) is 0. The lowest BCUT2D eigenvalue weighted by atomic mass is 10.1. The highest BCUT2D eigenvalue weighted by Crippen LogP contribution is 2.24. The van der Waals surface area contributed by atoms with E-state index in [1.165, 1.54) is 7.11 Å². The molecule has 8 heteroatoms. The van der Waals surface area contributed by atoms with Crippen molar-refractivity contribution >= 4 is 22.8 Å². The first-order valence-electron chi connectivity index (χ1n) is 7.43. The molecule has 0 spiro atoms. The number of fused-ring (bicyclic) bond motifs is 1. The Morgan fingerprint density at radius 2 is 2.12 bits per heavy atom. The Labute approximate surface area is 139 Å². The van der Waals surface area contributed by atoms with Gasteiger partial charge in [0.1, 0.15) is 0 Å². The fourth-order valence-electron chi connectivity index (χ4n) is 2.55. The van der Waals surface area contributed by atoms with Crippen LogP contribution < -0.4 is 0 Å². The maximum Gasteiger partial charge on any atom is 0.337 e. The van der Waals surface area contributed by atoms with Gasteiger partial charge in [-0.2, -0.15) is 0 Å². The topological polar surface area (TPSA) is 100 Å². The van der Waals surface area contributed by atoms with Crippen molar-refractivity contribution in [3.8, 4) is 0 Å². The molecule has 1 amide bonds. The van der Waals surface area contributed by atoms with Crippen LogP contribution in [0.3, 0.4) is 0 Å². The van der Waals surface area contributed by atoms with E-state index in [-0.39, 0.29) is 5.56 Å². The summed E-state index contributed by atoms with van der Waals surface area (Å²) in [5.41, 5.74) is 9.93. The minimum atomic E-state index is -0.670. The number of nitrogens with zero attached hydrogens (tertiary/aromatic N) is 5. The van der Waals surface area contributed by atoms with Crippen LogP contribution in [-0.2, 0) is 11.3 Å². The van der Waals surface area contributed by atoms with Crippen molar-refractivity contribution in [3.05, 3.63) is 46.0 Å². The molecule has 0 unspecified atom stereocenters. The van der Waals surface area contributed by atoms with Crippen LogP contribution in [-0.4, -0.2) is 49.1 Å². The Balaban J connectivity index is 2.49. The van der Waals surface area contributed by atoms with E-state index in [1.54, 1.807) is 24.4 Å². The van der Waals surface area contributed by atoms with Crippen LogP contribution in [0, 0.1) is 0 Å². The Bertz CT molecular complexity index is 818. The molecule has 2 aromatic rings. The third kappa shape index (κ3) is 3.73. The van der Waals surface area contributed by atoms with Crippen molar-refractivity contribution in [2.24, 2.45) is 5.11 Å². The molecule has 2 rings (SSSR count). The predicted molar refractivity (Wildman–Crippen MR) is 89.9 cm³/mol. The molecular weight excluding hydrogens is 310 g/mol. The number of aromatic nitrogens is 1. The van der Waals surface area contributed by atoms with E-state index < -0.39 is 11.9 Å². The zero-order valence-corrected chi connectivity index (χ0v) is 13.9. The standard InChI is InChI=1S/C16H19N5O3/c1-20(2)7-4-8-21-10-13(15(22)18-19-17)12-9-11(16(23)24-3)5-6-14(12)21/h5-6,9-10H,4,7-8H2,1-3H3. The Hall–Kier alpha value is -2.83. The fraction of sp³-hybridized carbons (Fsp3) is 0.375. The first kappa shape index (κ1) is 17.5. The van der Waals surface area contributed by atoms with E-state index in [0.29, 0.717) is 17.5 Å². The van der Waals surface area contributed by atoms with Crippen molar-refractivity contribution in [1.29, 1.82) is 0 Å². The van der Waals surface area contributed by atoms with Crippen LogP contribution in [0.15, 0.2) is 29.5 Å². The molecule has 0 N–H and O–H groups in total. The summed E-state index contributed by atoms with van der Waals surface area (Å²) in [4.78, 5) is 28.4. The fourth-order valence-corrected chi connectivity index (χ4v) is 2.55. The number of esters is 1. The second-order valence-electron chi connectivity index (χ2n) is 5.61. The van der Waals surface area contributed by atoms with Gasteiger partial charge in [-0.05, 0) is 55.9 Å². The van der Waals surface area contributed by atoms with E-state index in [2.05, 4.69) is 14.9 Å². The van der Waals surface area contributed by atoms with Gasteiger partial charge in [0.05, 0.1) is 12.7 Å². The van der Waals surface area contributed by atoms with Crippen molar-refractivity contribution in [2.45, 2.75) is 13.0 Å². The molecule has 24 heavy (non-hydrogen) atoms. The van der Waals surface area contributed by atoms with Crippen LogP contribution in [0.25, 0.3) is 21.3 Å². The molecule has 0 radical (unpaired) electrons. The highest BCUT2D eigenvalue weighted by Gasteiger charge is 2.16. The Morgan fingerprint density at radius 3 is 2.75 bits per heavy atom. The number of ether oxygens (including phenoxy) is 1. The van der Waals surface area contributed by atoms with Gasteiger partial charge in [-0.3, -0.25) is 4.79 Å². The lowest BCUT2D eigenvalue weighted by Gasteiger charge is -2.10. The summed E-state index contributed by atoms with van der Waals surface area (Å²) in [7, 11) is 5.28. The SMILES string of the molecule is COC(=O)c1ccc2c(c1)c(C(=O)N=[N+]=[N-])cn2CCCN(C)C. The van der Waals surface area contributed by atoms with Crippen LogP contribution in [0.1, 0.15) is 27.1 Å². The van der Waals surface area contributed by atoms with Gasteiger partial charge in [0.25, 0.3) is 5.91 Å². The number of methoxy groups -OCH3 is 1. The zero-order valence-electron chi connectivity index (χ0n) is 13.9. The summed E-state index contributed by atoms with van der Waals surface area (Å²) in [5, 5.41) is 3.73. The van der Waals surface area contributed by atoms with Gasteiger partial charge in [0.15, 0.2) is 0 Å². The molecule has 8 nitrogen and oxygen atoms in total. The summed E-state index contributed by atoms with van der Waals surface area (Å²) in [6.45, 7) is 1.61. The molecule has 0 aliphatic rings. The van der Waals surface area contributed by atoms with Crippen LogP contribution >= 0.6 is 0 Å². The second kappa shape index (κ2) is 7.63. The molecule has 1 aromatic carbocycles. The highest BCUT2D eigenvalue weighted by molar-refractivity contribution is 6.09. The highest BCUT2D eigenvalue weighted by atomic mass is 16.5. The molecule has 0 saturated carbocycles. The molecule has 0 aliphatic carbocycles. The molecule has 126 valence electrons. The maximum absolute atomic E-state index is 12.0. The quantitative estimate of drug-likeness (QED) is 0.352. The molecule has 0 fully saturated rings. The molecule has 0 saturated heterocycles. The molecule has 1 heterocycles. The Morgan fingerprint density at radius 1 is 1.38 bits per heavy atom. The van der Waals surface area contributed by atoms with Gasteiger partial charge in [0.2, 0.25) is 0 Å². The van der Waals surface area contributed by atoms with Gasteiger partial charge in [0, 0.05) is 34.1 Å². The van der Waals surface area contributed by atoms with Gasteiger partial charge >= 0.3 is 5.97 Å². The number of rotatable bonds is 6. The number of azide groups is 1. The molecule has 1 aromatic heterocycles. The van der Waals surface area contributed by atoms with E-state index >= 15 is 0 Å². The zero-order chi connectivity index (χ0) is 17.7. The molecule has 0 atom stereocenters. The second-order valence-corrected chi connectivity index (χ2v) is 5.61. The first-order chi connectivity index (χ1) is 11.5. The number of carbonyl (C=O) groups excluding carboxylic acids is 2. The van der Waals surface area contributed by atoms with Gasteiger partial charge in [-0.15, -0.1) is 0 Å². The van der Waals surface area contributed by atoms with Crippen molar-refractivity contribution in [2.75, 3.05) is 27.7 Å². The number of amides is 1. The number of hydrogen-bond acceptors (Lipinski definition) is 4. The van der Waals surface area contributed by atoms with Crippen LogP contribution in [0.5, 0.6) is 0 Å². The number of benzene rings is 1. The average molecular weight is 329 g/mol. The summed E-state index contributed by atoms with van der Waals surface area (Å²) in [6.07, 6.45) is 2.56. The van der Waals surface area contributed by atoms with Crippen molar-refractivity contribution in [1.82, 2.24) is 9.47 Å². The number of carbonyl (C=O) groups is 2. The third-order valence-corrected chi connectivity index (χ3v) is 3.67. The normalized spacial score (nSPS) is 10.7. The average Bonchev–Trinajstić information content (AvgIpc) is 2.92. The van der Waals surface area contributed by atoms with Crippen molar-refractivity contribution in [3.63, 3.8) is 0 Å². The summed E-state index contributed by atoms with van der Waals surface area (Å²) in [6, 6.07) is 5.01. The van der Waals surface area contributed by atoms with E-state index in [4.69, 9.17) is 10.3 Å². The lowest BCUT2D eigenvalue weighted by molar-refractivity contribution is 0.0600. The molecule has 0 aliphatic heterocycles. The minimum Gasteiger partial charge on any atom is -0.465 e. The van der Waals surface area contributed by atoms with Gasteiger partial charge < -0.3 is 14.2 Å². The van der Waals surface area contributed by atoms with Crippen LogP contribution in [0.4, 0.5) is 0 Å². The number of aryl methyl sites for hydroxylation is 1. The third-order valence-electron chi connectivity index (χ3n) is 3.67. The molecule has 0 bridgehead atoms. The van der Waals surface area contributed by atoms with Gasteiger partial charge in [-0.1, -0.05) is 0 Å².